The maximum absolute atomic E-state index is 11.7. The number of hydrogen-bond acceptors (Lipinski definition) is 4. The van der Waals surface area contributed by atoms with Crippen molar-refractivity contribution in [1.29, 1.82) is 0 Å². The number of nitrogens with zero attached hydrogens (tertiary/aromatic N) is 1. The van der Waals surface area contributed by atoms with Gasteiger partial charge in [-0.05, 0) is 12.8 Å². The van der Waals surface area contributed by atoms with Crippen molar-refractivity contribution in [2.24, 2.45) is 0 Å². The van der Waals surface area contributed by atoms with Crippen LogP contribution in [0.15, 0.2) is 16.9 Å². The van der Waals surface area contributed by atoms with E-state index < -0.39 is 17.4 Å². The van der Waals surface area contributed by atoms with Gasteiger partial charge in [-0.3, -0.25) is 4.79 Å². The Kier molecular flexibility index (Phi) is 2.64. The zero-order valence-corrected chi connectivity index (χ0v) is 8.60. The predicted molar refractivity (Wildman–Crippen MR) is 52.8 cm³/mol. The second kappa shape index (κ2) is 3.96. The van der Waals surface area contributed by atoms with Crippen LogP contribution in [0.2, 0.25) is 0 Å². The van der Waals surface area contributed by atoms with Gasteiger partial charge in [0.2, 0.25) is 0 Å². The molecule has 0 aromatic carbocycles. The van der Waals surface area contributed by atoms with Crippen LogP contribution in [0, 0.1) is 0 Å². The molecule has 0 saturated heterocycles. The minimum absolute atomic E-state index is 0.104. The summed E-state index contributed by atoms with van der Waals surface area (Å²) in [5.74, 6) is -1.49. The molecule has 0 radical (unpaired) electrons. The molecule has 0 spiro atoms. The average molecular weight is 224 g/mol. The smallest absolute Gasteiger partial charge is 0.329 e. The van der Waals surface area contributed by atoms with Gasteiger partial charge < -0.3 is 14.9 Å². The number of carbonyl (C=O) groups excluding carboxylic acids is 1. The van der Waals surface area contributed by atoms with Gasteiger partial charge in [-0.15, -0.1) is 0 Å². The van der Waals surface area contributed by atoms with Crippen LogP contribution in [0.5, 0.6) is 0 Å². The summed E-state index contributed by atoms with van der Waals surface area (Å²) in [5, 5.41) is 15.2. The van der Waals surface area contributed by atoms with Gasteiger partial charge in [-0.25, -0.2) is 4.79 Å². The molecule has 0 atom stereocenters. The monoisotopic (exact) mass is 224 g/mol. The molecule has 1 aromatic heterocycles. The molecule has 1 aromatic rings. The van der Waals surface area contributed by atoms with Crippen LogP contribution >= 0.6 is 0 Å². The fraction of sp³-hybridized carbons (Fsp3) is 0.500. The van der Waals surface area contributed by atoms with Crippen molar-refractivity contribution < 1.29 is 19.2 Å². The molecule has 1 fully saturated rings. The standard InChI is InChI=1S/C10H12N2O4/c13-8(7-3-6-16-12-7)11-10(9(14)15)4-1-2-5-10/h3,6H,1-2,4-5H2,(H,11,13)(H,14,15). The Morgan fingerprint density at radius 1 is 1.44 bits per heavy atom. The Morgan fingerprint density at radius 3 is 2.62 bits per heavy atom. The first-order valence-electron chi connectivity index (χ1n) is 5.10. The lowest BCUT2D eigenvalue weighted by molar-refractivity contribution is -0.144. The van der Waals surface area contributed by atoms with E-state index in [4.69, 9.17) is 5.11 Å². The third kappa shape index (κ3) is 1.78. The van der Waals surface area contributed by atoms with Crippen molar-refractivity contribution in [3.05, 3.63) is 18.0 Å². The number of aliphatic carboxylic acids is 1. The molecule has 1 heterocycles. The zero-order valence-electron chi connectivity index (χ0n) is 8.60. The Morgan fingerprint density at radius 2 is 2.12 bits per heavy atom. The fourth-order valence-electron chi connectivity index (χ4n) is 1.98. The highest BCUT2D eigenvalue weighted by molar-refractivity contribution is 5.96. The first-order chi connectivity index (χ1) is 7.64. The minimum Gasteiger partial charge on any atom is -0.480 e. The van der Waals surface area contributed by atoms with Crippen molar-refractivity contribution in [3.63, 3.8) is 0 Å². The number of carboxylic acids is 1. The van der Waals surface area contributed by atoms with Crippen LogP contribution in [0.3, 0.4) is 0 Å². The first-order valence-corrected chi connectivity index (χ1v) is 5.10. The molecule has 0 unspecified atom stereocenters. The Labute approximate surface area is 91.6 Å². The number of carbonyl (C=O) groups is 2. The van der Waals surface area contributed by atoms with Gasteiger partial charge in [0.15, 0.2) is 5.69 Å². The molecule has 1 amide bonds. The van der Waals surface area contributed by atoms with Gasteiger partial charge in [0.1, 0.15) is 11.8 Å². The van der Waals surface area contributed by atoms with Crippen LogP contribution in [0.1, 0.15) is 36.2 Å². The van der Waals surface area contributed by atoms with E-state index in [-0.39, 0.29) is 5.69 Å². The molecule has 1 saturated carbocycles. The summed E-state index contributed by atoms with van der Waals surface area (Å²) in [6.07, 6.45) is 3.83. The van der Waals surface area contributed by atoms with E-state index in [0.29, 0.717) is 12.8 Å². The number of hydrogen-bond donors (Lipinski definition) is 2. The third-order valence-corrected chi connectivity index (χ3v) is 2.89. The Hall–Kier alpha value is -1.85. The molecule has 0 aliphatic heterocycles. The van der Waals surface area contributed by atoms with E-state index in [1.165, 1.54) is 12.3 Å². The van der Waals surface area contributed by atoms with Crippen molar-refractivity contribution in [3.8, 4) is 0 Å². The number of aromatic nitrogens is 1. The number of nitrogens with one attached hydrogen (secondary N) is 1. The molecule has 6 heteroatoms. The second-order valence-electron chi connectivity index (χ2n) is 3.93. The molecule has 1 aliphatic rings. The molecule has 16 heavy (non-hydrogen) atoms. The molecule has 2 rings (SSSR count). The van der Waals surface area contributed by atoms with Gasteiger partial charge in [-0.1, -0.05) is 18.0 Å². The summed E-state index contributed by atoms with van der Waals surface area (Å²) in [6.45, 7) is 0. The summed E-state index contributed by atoms with van der Waals surface area (Å²) >= 11 is 0. The Bertz CT molecular complexity index is 393. The molecular weight excluding hydrogens is 212 g/mol. The summed E-state index contributed by atoms with van der Waals surface area (Å²) in [7, 11) is 0. The Balaban J connectivity index is 2.13. The van der Waals surface area contributed by atoms with Crippen LogP contribution in [-0.4, -0.2) is 27.7 Å². The van der Waals surface area contributed by atoms with Gasteiger partial charge in [-0.2, -0.15) is 0 Å². The summed E-state index contributed by atoms with van der Waals surface area (Å²) in [6, 6.07) is 1.40. The highest BCUT2D eigenvalue weighted by atomic mass is 16.5. The molecule has 6 nitrogen and oxygen atoms in total. The normalized spacial score (nSPS) is 18.2. The molecule has 2 N–H and O–H groups in total. The topological polar surface area (TPSA) is 92.4 Å². The van der Waals surface area contributed by atoms with E-state index in [2.05, 4.69) is 15.0 Å². The number of amides is 1. The van der Waals surface area contributed by atoms with E-state index in [1.807, 2.05) is 0 Å². The summed E-state index contributed by atoms with van der Waals surface area (Å²) in [5.41, 5.74) is -1.02. The predicted octanol–water partition coefficient (Wildman–Crippen LogP) is 0.802. The molecule has 0 bridgehead atoms. The second-order valence-corrected chi connectivity index (χ2v) is 3.93. The van der Waals surface area contributed by atoms with Crippen LogP contribution in [0.4, 0.5) is 0 Å². The van der Waals surface area contributed by atoms with E-state index >= 15 is 0 Å². The lowest BCUT2D eigenvalue weighted by atomic mass is 9.97. The molecule has 86 valence electrons. The largest absolute Gasteiger partial charge is 0.480 e. The number of carboxylic acid groups (broad SMARTS) is 1. The maximum atomic E-state index is 11.7. The lowest BCUT2D eigenvalue weighted by Gasteiger charge is -2.24. The van der Waals surface area contributed by atoms with Crippen LogP contribution in [-0.2, 0) is 4.79 Å². The van der Waals surface area contributed by atoms with Gasteiger partial charge >= 0.3 is 5.97 Å². The minimum atomic E-state index is -1.13. The number of rotatable bonds is 3. The maximum Gasteiger partial charge on any atom is 0.329 e. The van der Waals surface area contributed by atoms with Gasteiger partial charge in [0.25, 0.3) is 5.91 Å². The summed E-state index contributed by atoms with van der Waals surface area (Å²) in [4.78, 5) is 22.8. The lowest BCUT2D eigenvalue weighted by Crippen LogP contribution is -2.52. The van der Waals surface area contributed by atoms with Gasteiger partial charge in [0, 0.05) is 6.07 Å². The van der Waals surface area contributed by atoms with Crippen molar-refractivity contribution in [2.45, 2.75) is 31.2 Å². The fourth-order valence-corrected chi connectivity index (χ4v) is 1.98. The summed E-state index contributed by atoms with van der Waals surface area (Å²) < 4.78 is 4.54. The van der Waals surface area contributed by atoms with E-state index in [9.17, 15) is 9.59 Å². The van der Waals surface area contributed by atoms with Crippen molar-refractivity contribution in [1.82, 2.24) is 10.5 Å². The highest BCUT2D eigenvalue weighted by Crippen LogP contribution is 2.30. The first kappa shape index (κ1) is 10.7. The molecular formula is C10H12N2O4. The van der Waals surface area contributed by atoms with Gasteiger partial charge in [0.05, 0.1) is 0 Å². The highest BCUT2D eigenvalue weighted by Gasteiger charge is 2.43. The van der Waals surface area contributed by atoms with E-state index in [0.717, 1.165) is 12.8 Å². The SMILES string of the molecule is O=C(NC1(C(=O)O)CCCC1)c1ccon1. The third-order valence-electron chi connectivity index (χ3n) is 2.89. The molecule has 1 aliphatic carbocycles. The van der Waals surface area contributed by atoms with Crippen LogP contribution in [0.25, 0.3) is 0 Å². The average Bonchev–Trinajstić information content (AvgIpc) is 2.88. The van der Waals surface area contributed by atoms with Crippen molar-refractivity contribution >= 4 is 11.9 Å². The zero-order chi connectivity index (χ0) is 11.6. The quantitative estimate of drug-likeness (QED) is 0.792. The van der Waals surface area contributed by atoms with Crippen LogP contribution < -0.4 is 5.32 Å². The van der Waals surface area contributed by atoms with E-state index in [1.54, 1.807) is 0 Å². The van der Waals surface area contributed by atoms with Crippen molar-refractivity contribution in [2.75, 3.05) is 0 Å².